The molecule has 0 bridgehead atoms. The molecule has 94 valence electrons. The minimum absolute atomic E-state index is 0.199. The molecule has 0 spiro atoms. The van der Waals surface area contributed by atoms with Crippen molar-refractivity contribution < 1.29 is 14.2 Å². The normalized spacial score (nSPS) is 19.9. The lowest BCUT2D eigenvalue weighted by molar-refractivity contribution is -0.0109. The summed E-state index contributed by atoms with van der Waals surface area (Å²) in [6.07, 6.45) is 3.63. The third kappa shape index (κ3) is 3.27. The quantitative estimate of drug-likeness (QED) is 0.816. The van der Waals surface area contributed by atoms with Crippen molar-refractivity contribution in [1.82, 2.24) is 0 Å². The van der Waals surface area contributed by atoms with E-state index in [0.29, 0.717) is 18.0 Å². The van der Waals surface area contributed by atoms with Crippen LogP contribution >= 0.6 is 0 Å². The molecule has 1 heterocycles. The number of nitrogen functional groups attached to an aromatic ring is 1. The van der Waals surface area contributed by atoms with Crippen molar-refractivity contribution >= 4 is 5.69 Å². The van der Waals surface area contributed by atoms with E-state index in [1.54, 1.807) is 13.2 Å². The van der Waals surface area contributed by atoms with Gasteiger partial charge in [-0.3, -0.25) is 0 Å². The third-order valence-corrected chi connectivity index (χ3v) is 2.92. The number of nitrogens with two attached hydrogens (primary N) is 1. The minimum atomic E-state index is 0.199. The van der Waals surface area contributed by atoms with Crippen molar-refractivity contribution in [3.63, 3.8) is 0 Å². The highest BCUT2D eigenvalue weighted by Gasteiger charge is 2.15. The van der Waals surface area contributed by atoms with Crippen molar-refractivity contribution in [2.24, 2.45) is 0 Å². The SMILES string of the molecule is COc1ccc(OCC2CCCCO2)c(N)c1. The van der Waals surface area contributed by atoms with Gasteiger partial charge in [-0.2, -0.15) is 0 Å². The van der Waals surface area contributed by atoms with Gasteiger partial charge in [0.1, 0.15) is 18.1 Å². The highest BCUT2D eigenvalue weighted by molar-refractivity contribution is 5.56. The summed E-state index contributed by atoms with van der Waals surface area (Å²) in [5.74, 6) is 1.43. The van der Waals surface area contributed by atoms with Crippen LogP contribution in [0.4, 0.5) is 5.69 Å². The maximum atomic E-state index is 5.87. The number of benzene rings is 1. The molecule has 1 aromatic carbocycles. The van der Waals surface area contributed by atoms with E-state index in [-0.39, 0.29) is 6.10 Å². The predicted molar refractivity (Wildman–Crippen MR) is 66.5 cm³/mol. The second-order valence-corrected chi connectivity index (χ2v) is 4.20. The summed E-state index contributed by atoms with van der Waals surface area (Å²) >= 11 is 0. The fourth-order valence-corrected chi connectivity index (χ4v) is 1.91. The molecule has 4 heteroatoms. The van der Waals surface area contributed by atoms with E-state index in [0.717, 1.165) is 25.2 Å². The summed E-state index contributed by atoms with van der Waals surface area (Å²) in [6.45, 7) is 1.41. The second kappa shape index (κ2) is 5.77. The van der Waals surface area contributed by atoms with Gasteiger partial charge in [-0.25, -0.2) is 0 Å². The first-order valence-corrected chi connectivity index (χ1v) is 5.97. The van der Waals surface area contributed by atoms with Crippen LogP contribution < -0.4 is 15.2 Å². The van der Waals surface area contributed by atoms with Gasteiger partial charge >= 0.3 is 0 Å². The van der Waals surface area contributed by atoms with E-state index in [2.05, 4.69) is 0 Å². The average molecular weight is 237 g/mol. The number of rotatable bonds is 4. The lowest BCUT2D eigenvalue weighted by Gasteiger charge is -2.23. The molecule has 2 N–H and O–H groups in total. The lowest BCUT2D eigenvalue weighted by Crippen LogP contribution is -2.25. The van der Waals surface area contributed by atoms with Crippen LogP contribution in [0, 0.1) is 0 Å². The van der Waals surface area contributed by atoms with Crippen molar-refractivity contribution in [3.8, 4) is 11.5 Å². The van der Waals surface area contributed by atoms with Crippen LogP contribution in [0.5, 0.6) is 11.5 Å². The van der Waals surface area contributed by atoms with Gasteiger partial charge in [0.15, 0.2) is 0 Å². The molecule has 0 saturated carbocycles. The van der Waals surface area contributed by atoms with E-state index in [1.165, 1.54) is 6.42 Å². The molecule has 17 heavy (non-hydrogen) atoms. The molecule has 0 radical (unpaired) electrons. The van der Waals surface area contributed by atoms with Gasteiger partial charge in [0, 0.05) is 12.7 Å². The van der Waals surface area contributed by atoms with Crippen molar-refractivity contribution in [3.05, 3.63) is 18.2 Å². The largest absolute Gasteiger partial charge is 0.497 e. The van der Waals surface area contributed by atoms with Crippen LogP contribution in [0.2, 0.25) is 0 Å². The molecule has 1 aromatic rings. The zero-order chi connectivity index (χ0) is 12.1. The summed E-state index contributed by atoms with van der Waals surface area (Å²) in [4.78, 5) is 0. The Morgan fingerprint density at radius 1 is 1.41 bits per heavy atom. The molecular weight excluding hydrogens is 218 g/mol. The third-order valence-electron chi connectivity index (χ3n) is 2.92. The fraction of sp³-hybridized carbons (Fsp3) is 0.538. The number of hydrogen-bond donors (Lipinski definition) is 1. The van der Waals surface area contributed by atoms with Gasteiger partial charge in [0.2, 0.25) is 0 Å². The average Bonchev–Trinajstić information content (AvgIpc) is 2.38. The van der Waals surface area contributed by atoms with Gasteiger partial charge < -0.3 is 19.9 Å². The molecule has 0 aromatic heterocycles. The number of anilines is 1. The van der Waals surface area contributed by atoms with Crippen molar-refractivity contribution in [1.29, 1.82) is 0 Å². The predicted octanol–water partition coefficient (Wildman–Crippen LogP) is 2.23. The first-order valence-electron chi connectivity index (χ1n) is 5.97. The van der Waals surface area contributed by atoms with Gasteiger partial charge in [-0.1, -0.05) is 0 Å². The molecule has 1 aliphatic heterocycles. The smallest absolute Gasteiger partial charge is 0.142 e. The first-order chi connectivity index (χ1) is 8.29. The zero-order valence-electron chi connectivity index (χ0n) is 10.1. The molecule has 1 aliphatic rings. The number of ether oxygens (including phenoxy) is 3. The van der Waals surface area contributed by atoms with Gasteiger partial charge in [-0.05, 0) is 31.4 Å². The van der Waals surface area contributed by atoms with Crippen LogP contribution in [0.15, 0.2) is 18.2 Å². The van der Waals surface area contributed by atoms with Crippen molar-refractivity contribution in [2.45, 2.75) is 25.4 Å². The van der Waals surface area contributed by atoms with Crippen LogP contribution in [-0.4, -0.2) is 26.4 Å². The Bertz CT molecular complexity index is 362. The molecule has 0 amide bonds. The topological polar surface area (TPSA) is 53.7 Å². The highest BCUT2D eigenvalue weighted by Crippen LogP contribution is 2.26. The Morgan fingerprint density at radius 3 is 2.94 bits per heavy atom. The number of hydrogen-bond acceptors (Lipinski definition) is 4. The molecular formula is C13H19NO3. The van der Waals surface area contributed by atoms with E-state index >= 15 is 0 Å². The minimum Gasteiger partial charge on any atom is -0.497 e. The summed E-state index contributed by atoms with van der Waals surface area (Å²) < 4.78 is 16.3. The molecule has 1 saturated heterocycles. The first kappa shape index (κ1) is 12.0. The molecule has 1 unspecified atom stereocenters. The van der Waals surface area contributed by atoms with Gasteiger partial charge in [0.25, 0.3) is 0 Å². The Hall–Kier alpha value is -1.42. The Balaban J connectivity index is 1.89. The van der Waals surface area contributed by atoms with Crippen LogP contribution in [0.3, 0.4) is 0 Å². The van der Waals surface area contributed by atoms with Crippen LogP contribution in [-0.2, 0) is 4.74 Å². The van der Waals surface area contributed by atoms with Crippen LogP contribution in [0.25, 0.3) is 0 Å². The Morgan fingerprint density at radius 2 is 2.29 bits per heavy atom. The molecule has 1 atom stereocenters. The lowest BCUT2D eigenvalue weighted by atomic mass is 10.1. The maximum Gasteiger partial charge on any atom is 0.142 e. The van der Waals surface area contributed by atoms with Crippen molar-refractivity contribution in [2.75, 3.05) is 26.1 Å². The summed E-state index contributed by atoms with van der Waals surface area (Å²) in [5.41, 5.74) is 6.46. The molecule has 4 nitrogen and oxygen atoms in total. The molecule has 0 aliphatic carbocycles. The van der Waals surface area contributed by atoms with Gasteiger partial charge in [-0.15, -0.1) is 0 Å². The van der Waals surface area contributed by atoms with Gasteiger partial charge in [0.05, 0.1) is 18.9 Å². The maximum absolute atomic E-state index is 5.87. The number of methoxy groups -OCH3 is 1. The Kier molecular flexibility index (Phi) is 4.09. The summed E-state index contributed by atoms with van der Waals surface area (Å²) in [7, 11) is 1.62. The monoisotopic (exact) mass is 237 g/mol. The molecule has 1 fully saturated rings. The van der Waals surface area contributed by atoms with E-state index in [1.807, 2.05) is 12.1 Å². The zero-order valence-corrected chi connectivity index (χ0v) is 10.1. The highest BCUT2D eigenvalue weighted by atomic mass is 16.5. The summed E-state index contributed by atoms with van der Waals surface area (Å²) in [6, 6.07) is 5.43. The van der Waals surface area contributed by atoms with E-state index in [9.17, 15) is 0 Å². The fourth-order valence-electron chi connectivity index (χ4n) is 1.91. The standard InChI is InChI=1S/C13H19NO3/c1-15-10-5-6-13(12(14)8-10)17-9-11-4-2-3-7-16-11/h5-6,8,11H,2-4,7,9,14H2,1H3. The second-order valence-electron chi connectivity index (χ2n) is 4.20. The molecule has 2 rings (SSSR count). The van der Waals surface area contributed by atoms with E-state index in [4.69, 9.17) is 19.9 Å². The van der Waals surface area contributed by atoms with E-state index < -0.39 is 0 Å². The van der Waals surface area contributed by atoms with Crippen LogP contribution in [0.1, 0.15) is 19.3 Å². The summed E-state index contributed by atoms with van der Waals surface area (Å²) in [5, 5.41) is 0. The Labute approximate surface area is 102 Å².